The van der Waals surface area contributed by atoms with Gasteiger partial charge in [0.2, 0.25) is 0 Å². The number of benzene rings is 1. The first-order valence-corrected chi connectivity index (χ1v) is 5.35. The van der Waals surface area contributed by atoms with Crippen molar-refractivity contribution in [2.45, 2.75) is 24.8 Å². The molecule has 16 heavy (non-hydrogen) atoms. The van der Waals surface area contributed by atoms with E-state index < -0.39 is 12.0 Å². The Kier molecular flexibility index (Phi) is 2.59. The van der Waals surface area contributed by atoms with Gasteiger partial charge >= 0.3 is 5.97 Å². The molecule has 0 bridgehead atoms. The maximum absolute atomic E-state index is 10.8. The van der Waals surface area contributed by atoms with Gasteiger partial charge in [0.05, 0.1) is 0 Å². The minimum atomic E-state index is -0.939. The van der Waals surface area contributed by atoms with E-state index in [2.05, 4.69) is 12.2 Å². The molecule has 0 saturated carbocycles. The third kappa shape index (κ3) is 1.76. The molecule has 0 spiro atoms. The van der Waals surface area contributed by atoms with Crippen LogP contribution in [0.4, 0.5) is 5.69 Å². The van der Waals surface area contributed by atoms with E-state index in [1.165, 1.54) is 0 Å². The molecule has 0 aliphatic carbocycles. The molecule has 4 nitrogen and oxygen atoms in total. The normalized spacial score (nSPS) is 24.6. The first kappa shape index (κ1) is 11.0. The van der Waals surface area contributed by atoms with Gasteiger partial charge in [-0.15, -0.1) is 0 Å². The van der Waals surface area contributed by atoms with Crippen LogP contribution in [0.5, 0.6) is 0 Å². The van der Waals surface area contributed by atoms with Gasteiger partial charge in [0.1, 0.15) is 6.04 Å². The van der Waals surface area contributed by atoms with Crippen molar-refractivity contribution in [1.29, 1.82) is 0 Å². The van der Waals surface area contributed by atoms with Crippen molar-refractivity contribution < 1.29 is 9.90 Å². The first-order chi connectivity index (χ1) is 7.53. The summed E-state index contributed by atoms with van der Waals surface area (Å²) >= 11 is 0. The maximum atomic E-state index is 10.8. The quantitative estimate of drug-likeness (QED) is 0.714. The van der Waals surface area contributed by atoms with Crippen molar-refractivity contribution >= 4 is 11.7 Å². The van der Waals surface area contributed by atoms with Crippen molar-refractivity contribution in [3.63, 3.8) is 0 Å². The largest absolute Gasteiger partial charge is 0.480 e. The molecule has 0 saturated heterocycles. The number of rotatable bonds is 3. The fourth-order valence-corrected chi connectivity index (χ4v) is 2.30. The number of fused-ring (bicyclic) bond motifs is 1. The zero-order valence-corrected chi connectivity index (χ0v) is 9.23. The lowest BCUT2D eigenvalue weighted by Gasteiger charge is -2.25. The van der Waals surface area contributed by atoms with Crippen molar-refractivity contribution in [1.82, 2.24) is 0 Å². The number of nitrogens with two attached hydrogens (primary N) is 1. The zero-order chi connectivity index (χ0) is 11.8. The van der Waals surface area contributed by atoms with Crippen LogP contribution in [0.3, 0.4) is 0 Å². The summed E-state index contributed by atoms with van der Waals surface area (Å²) in [5.41, 5.74) is 7.67. The zero-order valence-electron chi connectivity index (χ0n) is 9.23. The molecule has 1 aliphatic rings. The second-order valence-electron chi connectivity index (χ2n) is 4.61. The van der Waals surface area contributed by atoms with Crippen LogP contribution in [0.2, 0.25) is 0 Å². The van der Waals surface area contributed by atoms with E-state index in [1.807, 2.05) is 24.3 Å². The van der Waals surface area contributed by atoms with Crippen LogP contribution in [0.1, 0.15) is 18.9 Å². The highest BCUT2D eigenvalue weighted by Crippen LogP contribution is 2.39. The maximum Gasteiger partial charge on any atom is 0.320 e. The summed E-state index contributed by atoms with van der Waals surface area (Å²) in [5.74, 6) is -0.939. The number of para-hydroxylation sites is 1. The van der Waals surface area contributed by atoms with Crippen molar-refractivity contribution in [3.8, 4) is 0 Å². The molecule has 2 atom stereocenters. The summed E-state index contributed by atoms with van der Waals surface area (Å²) in [7, 11) is 0. The van der Waals surface area contributed by atoms with Crippen LogP contribution in [-0.4, -0.2) is 23.7 Å². The van der Waals surface area contributed by atoms with Gasteiger partial charge in [-0.1, -0.05) is 25.1 Å². The van der Waals surface area contributed by atoms with E-state index in [-0.39, 0.29) is 5.41 Å². The molecule has 0 radical (unpaired) electrons. The van der Waals surface area contributed by atoms with Crippen LogP contribution in [0.15, 0.2) is 24.3 Å². The van der Waals surface area contributed by atoms with Crippen LogP contribution < -0.4 is 11.1 Å². The SMILES string of the molecule is CC1(CC(N)C(=O)O)CNc2ccccc21. The molecule has 0 fully saturated rings. The lowest BCUT2D eigenvalue weighted by Crippen LogP contribution is -2.39. The number of nitrogens with one attached hydrogen (secondary N) is 1. The Balaban J connectivity index is 2.25. The second-order valence-corrected chi connectivity index (χ2v) is 4.61. The number of carboxylic acid groups (broad SMARTS) is 1. The van der Waals surface area contributed by atoms with Gasteiger partial charge in [0, 0.05) is 17.6 Å². The number of carbonyl (C=O) groups is 1. The molecule has 1 heterocycles. The fourth-order valence-electron chi connectivity index (χ4n) is 2.30. The van der Waals surface area contributed by atoms with Gasteiger partial charge < -0.3 is 16.2 Å². The highest BCUT2D eigenvalue weighted by Gasteiger charge is 2.36. The third-order valence-electron chi connectivity index (χ3n) is 3.23. The molecule has 1 aromatic rings. The summed E-state index contributed by atoms with van der Waals surface area (Å²) in [6.45, 7) is 2.79. The summed E-state index contributed by atoms with van der Waals surface area (Å²) in [6, 6.07) is 7.17. The van der Waals surface area contributed by atoms with E-state index in [9.17, 15) is 4.79 Å². The Labute approximate surface area is 94.5 Å². The van der Waals surface area contributed by atoms with E-state index in [1.54, 1.807) is 0 Å². The number of hydrogen-bond acceptors (Lipinski definition) is 3. The molecule has 1 aromatic carbocycles. The molecule has 4 N–H and O–H groups in total. The summed E-state index contributed by atoms with van der Waals surface area (Å²) in [4.78, 5) is 10.8. The topological polar surface area (TPSA) is 75.4 Å². The van der Waals surface area contributed by atoms with Crippen molar-refractivity contribution in [2.75, 3.05) is 11.9 Å². The van der Waals surface area contributed by atoms with Gasteiger partial charge in [-0.25, -0.2) is 0 Å². The molecular weight excluding hydrogens is 204 g/mol. The Morgan fingerprint density at radius 1 is 1.62 bits per heavy atom. The number of aliphatic carboxylic acids is 1. The average Bonchev–Trinajstić information content (AvgIpc) is 2.57. The fraction of sp³-hybridized carbons (Fsp3) is 0.417. The second kappa shape index (κ2) is 3.79. The predicted octanol–water partition coefficient (Wildman–Crippen LogP) is 1.17. The molecule has 4 heteroatoms. The molecule has 0 aromatic heterocycles. The summed E-state index contributed by atoms with van der Waals surface area (Å²) in [6.07, 6.45) is 0.451. The third-order valence-corrected chi connectivity index (χ3v) is 3.23. The predicted molar refractivity (Wildman–Crippen MR) is 62.5 cm³/mol. The van der Waals surface area contributed by atoms with Gasteiger partial charge in [-0.2, -0.15) is 0 Å². The van der Waals surface area contributed by atoms with Crippen molar-refractivity contribution in [2.24, 2.45) is 5.73 Å². The van der Waals surface area contributed by atoms with Crippen LogP contribution in [0.25, 0.3) is 0 Å². The highest BCUT2D eigenvalue weighted by atomic mass is 16.4. The Morgan fingerprint density at radius 2 is 2.31 bits per heavy atom. The minimum Gasteiger partial charge on any atom is -0.480 e. The lowest BCUT2D eigenvalue weighted by atomic mass is 9.79. The highest BCUT2D eigenvalue weighted by molar-refractivity contribution is 5.73. The van der Waals surface area contributed by atoms with Gasteiger partial charge in [-0.3, -0.25) is 4.79 Å². The molecule has 86 valence electrons. The molecular formula is C12H16N2O2. The smallest absolute Gasteiger partial charge is 0.320 e. The van der Waals surface area contributed by atoms with Gasteiger partial charge in [0.25, 0.3) is 0 Å². The van der Waals surface area contributed by atoms with E-state index in [4.69, 9.17) is 10.8 Å². The van der Waals surface area contributed by atoms with Gasteiger partial charge in [0.15, 0.2) is 0 Å². The Hall–Kier alpha value is -1.55. The van der Waals surface area contributed by atoms with E-state index in [0.717, 1.165) is 17.8 Å². The monoisotopic (exact) mass is 220 g/mol. The molecule has 2 unspecified atom stereocenters. The Bertz CT molecular complexity index is 419. The standard InChI is InChI=1S/C12H16N2O2/c1-12(6-9(13)11(15)16)7-14-10-5-3-2-4-8(10)12/h2-5,9,14H,6-7,13H2,1H3,(H,15,16). The molecule has 0 amide bonds. The van der Waals surface area contributed by atoms with Gasteiger partial charge in [-0.05, 0) is 18.1 Å². The first-order valence-electron chi connectivity index (χ1n) is 5.35. The van der Waals surface area contributed by atoms with Crippen LogP contribution in [-0.2, 0) is 10.2 Å². The number of anilines is 1. The summed E-state index contributed by atoms with van der Waals surface area (Å²) < 4.78 is 0. The van der Waals surface area contributed by atoms with Crippen molar-refractivity contribution in [3.05, 3.63) is 29.8 Å². The minimum absolute atomic E-state index is 0.186. The van der Waals surface area contributed by atoms with E-state index in [0.29, 0.717) is 6.42 Å². The summed E-state index contributed by atoms with van der Waals surface area (Å²) in [5, 5.41) is 12.1. The van der Waals surface area contributed by atoms with E-state index >= 15 is 0 Å². The van der Waals surface area contributed by atoms with Crippen LogP contribution in [0, 0.1) is 0 Å². The lowest BCUT2D eigenvalue weighted by molar-refractivity contribution is -0.139. The number of hydrogen-bond donors (Lipinski definition) is 3. The Morgan fingerprint density at radius 3 is 3.00 bits per heavy atom. The average molecular weight is 220 g/mol. The molecule has 2 rings (SSSR count). The molecule has 1 aliphatic heterocycles. The number of carboxylic acids is 1. The van der Waals surface area contributed by atoms with Crippen LogP contribution >= 0.6 is 0 Å².